The lowest BCUT2D eigenvalue weighted by Crippen LogP contribution is -2.34. The van der Waals surface area contributed by atoms with Gasteiger partial charge in [0.2, 0.25) is 0 Å². The zero-order chi connectivity index (χ0) is 10.6. The number of nitriles is 1. The van der Waals surface area contributed by atoms with Crippen molar-refractivity contribution < 1.29 is 0 Å². The summed E-state index contributed by atoms with van der Waals surface area (Å²) in [5.74, 6) is 1.70. The maximum atomic E-state index is 8.56. The first-order valence-electron chi connectivity index (χ1n) is 5.76. The Morgan fingerprint density at radius 1 is 1.36 bits per heavy atom. The fourth-order valence-corrected chi connectivity index (χ4v) is 2.37. The lowest BCUT2D eigenvalue weighted by Gasteiger charge is -2.18. The number of nitrogens with zero attached hydrogens (tertiary/aromatic N) is 1. The molecule has 0 aromatic rings. The maximum absolute atomic E-state index is 8.56. The molecule has 2 heteroatoms. The number of hydrogen-bond donors (Lipinski definition) is 1. The van der Waals surface area contributed by atoms with Gasteiger partial charge in [0, 0.05) is 12.1 Å². The quantitative estimate of drug-likeness (QED) is 0.747. The van der Waals surface area contributed by atoms with Crippen LogP contribution in [0.5, 0.6) is 0 Å². The minimum atomic E-state index is 0.357. The van der Waals surface area contributed by atoms with Crippen LogP contribution in [0.1, 0.15) is 46.5 Å². The highest BCUT2D eigenvalue weighted by atomic mass is 14.9. The van der Waals surface area contributed by atoms with Crippen LogP contribution in [0.25, 0.3) is 0 Å². The Kier molecular flexibility index (Phi) is 4.41. The Labute approximate surface area is 87.7 Å². The Morgan fingerprint density at radius 2 is 2.07 bits per heavy atom. The molecule has 1 saturated carbocycles. The van der Waals surface area contributed by atoms with E-state index >= 15 is 0 Å². The van der Waals surface area contributed by atoms with Crippen molar-refractivity contribution in [3.8, 4) is 6.07 Å². The smallest absolute Gasteiger partial charge is 0.0638 e. The molecule has 0 aromatic heterocycles. The van der Waals surface area contributed by atoms with Gasteiger partial charge in [0.25, 0.3) is 0 Å². The van der Waals surface area contributed by atoms with Crippen LogP contribution in [0.4, 0.5) is 0 Å². The lowest BCUT2D eigenvalue weighted by molar-refractivity contribution is 0.372. The third-order valence-corrected chi connectivity index (χ3v) is 3.33. The summed E-state index contributed by atoms with van der Waals surface area (Å²) in [6.45, 7) is 6.73. The predicted octanol–water partition coefficient (Wildman–Crippen LogP) is 2.70. The van der Waals surface area contributed by atoms with Gasteiger partial charge in [-0.3, -0.25) is 0 Å². The molecular weight excluding hydrogens is 172 g/mol. The molecule has 0 radical (unpaired) electrons. The normalized spacial score (nSPS) is 29.1. The number of nitrogens with one attached hydrogen (secondary N) is 1. The van der Waals surface area contributed by atoms with Gasteiger partial charge >= 0.3 is 0 Å². The number of rotatable bonds is 4. The van der Waals surface area contributed by atoms with E-state index in [1.807, 2.05) is 0 Å². The third-order valence-electron chi connectivity index (χ3n) is 3.33. The molecule has 3 unspecified atom stereocenters. The van der Waals surface area contributed by atoms with Crippen LogP contribution in [-0.4, -0.2) is 12.1 Å². The van der Waals surface area contributed by atoms with E-state index in [0.29, 0.717) is 18.5 Å². The van der Waals surface area contributed by atoms with Gasteiger partial charge in [-0.15, -0.1) is 0 Å². The predicted molar refractivity (Wildman–Crippen MR) is 58.8 cm³/mol. The highest BCUT2D eigenvalue weighted by Crippen LogP contribution is 2.31. The van der Waals surface area contributed by atoms with E-state index in [0.717, 1.165) is 11.8 Å². The molecule has 1 fully saturated rings. The molecule has 0 aliphatic heterocycles. The van der Waals surface area contributed by atoms with Gasteiger partial charge in [-0.2, -0.15) is 5.26 Å². The maximum Gasteiger partial charge on any atom is 0.0638 e. The molecule has 80 valence electrons. The van der Waals surface area contributed by atoms with E-state index < -0.39 is 0 Å². The summed E-state index contributed by atoms with van der Waals surface area (Å²) in [6.07, 6.45) is 4.57. The van der Waals surface area contributed by atoms with Crippen molar-refractivity contribution in [2.45, 2.75) is 58.5 Å². The summed E-state index contributed by atoms with van der Waals surface area (Å²) in [5, 5.41) is 12.1. The highest BCUT2D eigenvalue weighted by molar-refractivity contribution is 4.86. The summed E-state index contributed by atoms with van der Waals surface area (Å²) in [7, 11) is 0. The van der Waals surface area contributed by atoms with Gasteiger partial charge in [0.15, 0.2) is 0 Å². The summed E-state index contributed by atoms with van der Waals surface area (Å²) < 4.78 is 0. The van der Waals surface area contributed by atoms with Gasteiger partial charge in [0.1, 0.15) is 0 Å². The van der Waals surface area contributed by atoms with Gasteiger partial charge in [0.05, 0.1) is 12.5 Å². The van der Waals surface area contributed by atoms with Crippen LogP contribution >= 0.6 is 0 Å². The molecule has 2 nitrogen and oxygen atoms in total. The van der Waals surface area contributed by atoms with Crippen molar-refractivity contribution in [3.05, 3.63) is 0 Å². The van der Waals surface area contributed by atoms with Crippen LogP contribution in [0.3, 0.4) is 0 Å². The second-order valence-corrected chi connectivity index (χ2v) is 4.94. The molecule has 1 aliphatic carbocycles. The molecule has 0 amide bonds. The molecular formula is C12H22N2. The van der Waals surface area contributed by atoms with Crippen molar-refractivity contribution in [2.75, 3.05) is 0 Å². The molecule has 1 N–H and O–H groups in total. The zero-order valence-electron chi connectivity index (χ0n) is 9.59. The third kappa shape index (κ3) is 3.31. The van der Waals surface area contributed by atoms with Crippen molar-refractivity contribution >= 4 is 0 Å². The van der Waals surface area contributed by atoms with E-state index in [1.165, 1.54) is 19.3 Å². The molecule has 0 heterocycles. The zero-order valence-corrected chi connectivity index (χ0v) is 9.59. The molecule has 1 aliphatic rings. The second kappa shape index (κ2) is 5.36. The Bertz CT molecular complexity index is 205. The molecule has 1 rings (SSSR count). The Morgan fingerprint density at radius 3 is 2.57 bits per heavy atom. The highest BCUT2D eigenvalue weighted by Gasteiger charge is 2.27. The largest absolute Gasteiger partial charge is 0.310 e. The molecule has 0 spiro atoms. The minimum absolute atomic E-state index is 0.357. The van der Waals surface area contributed by atoms with Gasteiger partial charge in [-0.05, 0) is 38.0 Å². The average molecular weight is 194 g/mol. The summed E-state index contributed by atoms with van der Waals surface area (Å²) in [5.41, 5.74) is 0. The molecule has 3 atom stereocenters. The number of hydrogen-bond acceptors (Lipinski definition) is 2. The van der Waals surface area contributed by atoms with E-state index in [-0.39, 0.29) is 0 Å². The van der Waals surface area contributed by atoms with E-state index in [2.05, 4.69) is 32.2 Å². The van der Waals surface area contributed by atoms with Crippen LogP contribution in [-0.2, 0) is 0 Å². The standard InChI is InChI=1S/C12H22N2/c1-9(2)11-4-5-12(8-11)14-10(3)6-7-13/h9-12,14H,4-6,8H2,1-3H3. The van der Waals surface area contributed by atoms with Crippen molar-refractivity contribution in [1.82, 2.24) is 5.32 Å². The molecule has 0 saturated heterocycles. The lowest BCUT2D eigenvalue weighted by atomic mass is 9.94. The SMILES string of the molecule is CC(CC#N)NC1CCC(C(C)C)C1. The Hall–Kier alpha value is -0.550. The van der Waals surface area contributed by atoms with Crippen LogP contribution < -0.4 is 5.32 Å². The fourth-order valence-electron chi connectivity index (χ4n) is 2.37. The van der Waals surface area contributed by atoms with Crippen molar-refractivity contribution in [3.63, 3.8) is 0 Å². The first-order chi connectivity index (χ1) is 6.63. The van der Waals surface area contributed by atoms with Gasteiger partial charge < -0.3 is 5.32 Å². The van der Waals surface area contributed by atoms with Gasteiger partial charge in [-0.25, -0.2) is 0 Å². The summed E-state index contributed by atoms with van der Waals surface area (Å²) in [4.78, 5) is 0. The van der Waals surface area contributed by atoms with E-state index in [1.54, 1.807) is 0 Å². The Balaban J connectivity index is 2.26. The van der Waals surface area contributed by atoms with Crippen LogP contribution in [0.2, 0.25) is 0 Å². The topological polar surface area (TPSA) is 35.8 Å². The second-order valence-electron chi connectivity index (χ2n) is 4.94. The van der Waals surface area contributed by atoms with E-state index in [4.69, 9.17) is 5.26 Å². The van der Waals surface area contributed by atoms with Crippen LogP contribution in [0, 0.1) is 23.2 Å². The fraction of sp³-hybridized carbons (Fsp3) is 0.917. The first-order valence-corrected chi connectivity index (χ1v) is 5.76. The summed E-state index contributed by atoms with van der Waals surface area (Å²) >= 11 is 0. The van der Waals surface area contributed by atoms with Crippen molar-refractivity contribution in [2.24, 2.45) is 11.8 Å². The first kappa shape index (κ1) is 11.5. The minimum Gasteiger partial charge on any atom is -0.310 e. The van der Waals surface area contributed by atoms with Crippen molar-refractivity contribution in [1.29, 1.82) is 5.26 Å². The monoisotopic (exact) mass is 194 g/mol. The molecule has 0 aromatic carbocycles. The van der Waals surface area contributed by atoms with Crippen LogP contribution in [0.15, 0.2) is 0 Å². The average Bonchev–Trinajstić information content (AvgIpc) is 2.53. The molecule has 0 bridgehead atoms. The molecule has 14 heavy (non-hydrogen) atoms. The van der Waals surface area contributed by atoms with E-state index in [9.17, 15) is 0 Å². The summed E-state index contributed by atoms with van der Waals surface area (Å²) in [6, 6.07) is 3.23. The van der Waals surface area contributed by atoms with Gasteiger partial charge in [-0.1, -0.05) is 13.8 Å².